The number of nitrogens with one attached hydrogen (secondary N) is 3. The van der Waals surface area contributed by atoms with Gasteiger partial charge >= 0.3 is 5.69 Å². The minimum atomic E-state index is -0.794. The number of H-pyrrole nitrogens is 2. The second kappa shape index (κ2) is 6.01. The zero-order valence-electron chi connectivity index (χ0n) is 10.9. The number of amides is 1. The van der Waals surface area contributed by atoms with Gasteiger partial charge in [0.25, 0.3) is 0 Å². The molecule has 1 amide bonds. The minimum absolute atomic E-state index is 0.111. The van der Waals surface area contributed by atoms with Crippen molar-refractivity contribution in [3.63, 3.8) is 0 Å². The van der Waals surface area contributed by atoms with E-state index in [0.29, 0.717) is 25.2 Å². The van der Waals surface area contributed by atoms with E-state index < -0.39 is 5.60 Å². The number of nitrogens with zero attached hydrogens (tertiary/aromatic N) is 1. The van der Waals surface area contributed by atoms with Gasteiger partial charge in [-0.05, 0) is 19.3 Å². The molecule has 0 saturated heterocycles. The second-order valence-electron chi connectivity index (χ2n) is 5.19. The summed E-state index contributed by atoms with van der Waals surface area (Å²) >= 11 is 0. The molecule has 0 atom stereocenters. The normalized spacial score (nSPS) is 17.5. The summed E-state index contributed by atoms with van der Waals surface area (Å²) in [4.78, 5) is 25.0. The van der Waals surface area contributed by atoms with Gasteiger partial charge < -0.3 is 10.4 Å². The van der Waals surface area contributed by atoms with Crippen LogP contribution in [0.4, 0.5) is 0 Å². The summed E-state index contributed by atoms with van der Waals surface area (Å²) in [6.45, 7) is 0.518. The molecule has 0 unspecified atom stereocenters. The Hall–Kier alpha value is -1.63. The Labute approximate surface area is 110 Å². The molecule has 0 spiro atoms. The highest BCUT2D eigenvalue weighted by molar-refractivity contribution is 5.77. The predicted molar refractivity (Wildman–Crippen MR) is 68.6 cm³/mol. The van der Waals surface area contributed by atoms with E-state index in [2.05, 4.69) is 20.5 Å². The molecular weight excluding hydrogens is 248 g/mol. The zero-order chi connectivity index (χ0) is 13.7. The number of aryl methyl sites for hydroxylation is 1. The Balaban J connectivity index is 1.62. The monoisotopic (exact) mass is 268 g/mol. The maximum absolute atomic E-state index is 11.7. The lowest BCUT2D eigenvalue weighted by molar-refractivity contribution is -0.125. The van der Waals surface area contributed by atoms with Gasteiger partial charge in [0.05, 0.1) is 12.0 Å². The highest BCUT2D eigenvalue weighted by atomic mass is 16.3. The Kier molecular flexibility index (Phi) is 4.36. The number of carbonyl (C=O) groups excluding carboxylic acids is 1. The Morgan fingerprint density at radius 2 is 2.16 bits per heavy atom. The van der Waals surface area contributed by atoms with Crippen LogP contribution in [-0.4, -0.2) is 38.3 Å². The van der Waals surface area contributed by atoms with Gasteiger partial charge in [0, 0.05) is 13.0 Å². The number of hydrogen-bond acceptors (Lipinski definition) is 4. The first-order valence-electron chi connectivity index (χ1n) is 6.70. The lowest BCUT2D eigenvalue weighted by Crippen LogP contribution is -2.35. The molecule has 106 valence electrons. The quantitative estimate of drug-likeness (QED) is 0.537. The van der Waals surface area contributed by atoms with Crippen molar-refractivity contribution in [3.8, 4) is 0 Å². The van der Waals surface area contributed by atoms with Crippen LogP contribution in [0.2, 0.25) is 0 Å². The number of aliphatic hydroxyl groups is 1. The zero-order valence-corrected chi connectivity index (χ0v) is 10.9. The predicted octanol–water partition coefficient (Wildman–Crippen LogP) is -0.158. The van der Waals surface area contributed by atoms with Crippen LogP contribution in [0.1, 0.15) is 44.3 Å². The van der Waals surface area contributed by atoms with Crippen molar-refractivity contribution in [2.75, 3.05) is 6.54 Å². The molecule has 1 aliphatic carbocycles. The number of carbonyl (C=O) groups is 1. The average Bonchev–Trinajstić information content (AvgIpc) is 2.94. The topological polar surface area (TPSA) is 111 Å². The van der Waals surface area contributed by atoms with E-state index in [1.165, 1.54) is 0 Å². The van der Waals surface area contributed by atoms with Crippen LogP contribution in [0.3, 0.4) is 0 Å². The number of aromatic nitrogens is 3. The van der Waals surface area contributed by atoms with Gasteiger partial charge in [0.2, 0.25) is 5.91 Å². The molecule has 19 heavy (non-hydrogen) atoms. The highest BCUT2D eigenvalue weighted by Crippen LogP contribution is 2.32. The first-order valence-corrected chi connectivity index (χ1v) is 6.70. The Bertz CT molecular complexity index is 473. The van der Waals surface area contributed by atoms with Gasteiger partial charge in [0.1, 0.15) is 5.82 Å². The van der Waals surface area contributed by atoms with E-state index >= 15 is 0 Å². The van der Waals surface area contributed by atoms with Crippen molar-refractivity contribution in [1.82, 2.24) is 20.5 Å². The first-order chi connectivity index (χ1) is 9.07. The number of aromatic amines is 2. The van der Waals surface area contributed by atoms with Crippen molar-refractivity contribution >= 4 is 5.91 Å². The average molecular weight is 268 g/mol. The fourth-order valence-electron chi connectivity index (χ4n) is 2.48. The maximum atomic E-state index is 11.7. The van der Waals surface area contributed by atoms with Crippen LogP contribution < -0.4 is 11.0 Å². The first kappa shape index (κ1) is 13.8. The minimum Gasteiger partial charge on any atom is -0.389 e. The third kappa shape index (κ3) is 4.20. The summed E-state index contributed by atoms with van der Waals surface area (Å²) < 4.78 is 0. The van der Waals surface area contributed by atoms with Gasteiger partial charge in [-0.1, -0.05) is 12.8 Å². The highest BCUT2D eigenvalue weighted by Gasteiger charge is 2.33. The molecule has 1 saturated carbocycles. The van der Waals surface area contributed by atoms with Gasteiger partial charge in [0.15, 0.2) is 0 Å². The van der Waals surface area contributed by atoms with Crippen LogP contribution >= 0.6 is 0 Å². The molecule has 0 bridgehead atoms. The van der Waals surface area contributed by atoms with Crippen molar-refractivity contribution < 1.29 is 9.90 Å². The Morgan fingerprint density at radius 1 is 1.42 bits per heavy atom. The maximum Gasteiger partial charge on any atom is 0.340 e. The molecule has 2 rings (SSSR count). The largest absolute Gasteiger partial charge is 0.389 e. The van der Waals surface area contributed by atoms with Crippen LogP contribution in [0.5, 0.6) is 0 Å². The van der Waals surface area contributed by atoms with Gasteiger partial charge in [-0.3, -0.25) is 9.78 Å². The van der Waals surface area contributed by atoms with E-state index in [9.17, 15) is 14.7 Å². The van der Waals surface area contributed by atoms with Crippen LogP contribution in [0.15, 0.2) is 4.79 Å². The smallest absolute Gasteiger partial charge is 0.340 e. The van der Waals surface area contributed by atoms with E-state index in [-0.39, 0.29) is 18.0 Å². The molecular formula is C12H20N4O3. The van der Waals surface area contributed by atoms with Crippen LogP contribution in [0, 0.1) is 0 Å². The van der Waals surface area contributed by atoms with Crippen molar-refractivity contribution in [3.05, 3.63) is 16.3 Å². The summed E-state index contributed by atoms with van der Waals surface area (Å²) in [6, 6.07) is 0. The van der Waals surface area contributed by atoms with E-state index in [0.717, 1.165) is 25.7 Å². The molecule has 0 aromatic carbocycles. The molecule has 1 aromatic heterocycles. The molecule has 7 nitrogen and oxygen atoms in total. The molecule has 1 aromatic rings. The van der Waals surface area contributed by atoms with Crippen LogP contribution in [0.25, 0.3) is 0 Å². The fraction of sp³-hybridized carbons (Fsp3) is 0.750. The fourth-order valence-corrected chi connectivity index (χ4v) is 2.48. The molecule has 0 aliphatic heterocycles. The molecule has 1 heterocycles. The number of rotatable bonds is 6. The molecule has 4 N–H and O–H groups in total. The lowest BCUT2D eigenvalue weighted by atomic mass is 9.98. The SMILES string of the molecule is O=C(CC1(O)CCCC1)NCCCc1n[nH]c(=O)[nH]1. The third-order valence-electron chi connectivity index (χ3n) is 3.49. The standard InChI is InChI=1S/C12H20N4O3/c17-10(8-12(19)5-1-2-6-12)13-7-3-4-9-14-11(18)16-15-9/h19H,1-8H2,(H,13,17)(H2,14,15,16,18). The summed E-state index contributed by atoms with van der Waals surface area (Å²) in [5.74, 6) is 0.480. The van der Waals surface area contributed by atoms with E-state index in [4.69, 9.17) is 0 Å². The van der Waals surface area contributed by atoms with Gasteiger partial charge in [-0.25, -0.2) is 9.89 Å². The van der Waals surface area contributed by atoms with Crippen molar-refractivity contribution in [2.45, 2.75) is 50.5 Å². The summed E-state index contributed by atoms with van der Waals surface area (Å²) in [5.41, 5.74) is -1.11. The summed E-state index contributed by atoms with van der Waals surface area (Å²) in [7, 11) is 0. The van der Waals surface area contributed by atoms with E-state index in [1.807, 2.05) is 0 Å². The number of hydrogen-bond donors (Lipinski definition) is 4. The molecule has 7 heteroatoms. The summed E-state index contributed by atoms with van der Waals surface area (Å²) in [5, 5.41) is 18.9. The van der Waals surface area contributed by atoms with E-state index in [1.54, 1.807) is 0 Å². The van der Waals surface area contributed by atoms with Crippen molar-refractivity contribution in [1.29, 1.82) is 0 Å². The van der Waals surface area contributed by atoms with Crippen LogP contribution in [-0.2, 0) is 11.2 Å². The third-order valence-corrected chi connectivity index (χ3v) is 3.49. The second-order valence-corrected chi connectivity index (χ2v) is 5.19. The summed E-state index contributed by atoms with van der Waals surface area (Å²) in [6.07, 6.45) is 4.91. The van der Waals surface area contributed by atoms with Gasteiger partial charge in [-0.15, -0.1) is 0 Å². The van der Waals surface area contributed by atoms with Crippen molar-refractivity contribution in [2.24, 2.45) is 0 Å². The lowest BCUT2D eigenvalue weighted by Gasteiger charge is -2.21. The molecule has 1 aliphatic rings. The van der Waals surface area contributed by atoms with Gasteiger partial charge in [-0.2, -0.15) is 5.10 Å². The Morgan fingerprint density at radius 3 is 2.79 bits per heavy atom. The molecule has 1 fully saturated rings. The molecule has 0 radical (unpaired) electrons.